The molecule has 8 heteroatoms. The maximum atomic E-state index is 12.7. The zero-order valence-electron chi connectivity index (χ0n) is 13.6. The van der Waals surface area contributed by atoms with Crippen LogP contribution in [0.3, 0.4) is 0 Å². The highest BCUT2D eigenvalue weighted by molar-refractivity contribution is 6.33. The molecule has 0 fully saturated rings. The van der Waals surface area contributed by atoms with Crippen LogP contribution in [0.4, 0.5) is 30.2 Å². The molecule has 2 aromatic rings. The van der Waals surface area contributed by atoms with Crippen molar-refractivity contribution in [2.24, 2.45) is 0 Å². The van der Waals surface area contributed by atoms with E-state index in [1.165, 1.54) is 0 Å². The lowest BCUT2D eigenvalue weighted by molar-refractivity contribution is -0.137. The Kier molecular flexibility index (Phi) is 5.79. The van der Waals surface area contributed by atoms with E-state index in [1.54, 1.807) is 12.1 Å². The molecule has 0 aliphatic heterocycles. The van der Waals surface area contributed by atoms with Crippen molar-refractivity contribution >= 4 is 34.6 Å². The predicted octanol–water partition coefficient (Wildman–Crippen LogP) is 4.48. The van der Waals surface area contributed by atoms with E-state index in [0.29, 0.717) is 0 Å². The van der Waals surface area contributed by atoms with Crippen LogP contribution in [0, 0.1) is 0 Å². The van der Waals surface area contributed by atoms with Crippen LogP contribution in [0.1, 0.15) is 5.56 Å². The number of nitrogens with one attached hydrogen (secondary N) is 2. The Balaban J connectivity index is 1.98. The van der Waals surface area contributed by atoms with Gasteiger partial charge in [0.05, 0.1) is 22.8 Å². The average Bonchev–Trinajstić information content (AvgIpc) is 2.54. The van der Waals surface area contributed by atoms with Crippen LogP contribution in [0.15, 0.2) is 42.5 Å². The van der Waals surface area contributed by atoms with Gasteiger partial charge >= 0.3 is 6.18 Å². The molecule has 0 heterocycles. The number of alkyl halides is 3. The van der Waals surface area contributed by atoms with Gasteiger partial charge in [0.15, 0.2) is 0 Å². The maximum Gasteiger partial charge on any atom is 0.416 e. The molecule has 0 aromatic heterocycles. The van der Waals surface area contributed by atoms with Crippen LogP contribution in [-0.4, -0.2) is 26.5 Å². The van der Waals surface area contributed by atoms with Crippen molar-refractivity contribution in [3.8, 4) is 0 Å². The van der Waals surface area contributed by atoms with Crippen LogP contribution >= 0.6 is 11.6 Å². The number of amides is 1. The Morgan fingerprint density at radius 3 is 2.32 bits per heavy atom. The molecule has 134 valence electrons. The number of halogens is 4. The average molecular weight is 372 g/mol. The third-order valence-electron chi connectivity index (χ3n) is 3.40. The molecule has 0 aliphatic carbocycles. The topological polar surface area (TPSA) is 44.4 Å². The number of anilines is 3. The summed E-state index contributed by atoms with van der Waals surface area (Å²) in [7, 11) is 3.82. The summed E-state index contributed by atoms with van der Waals surface area (Å²) in [5, 5.41) is 5.32. The van der Waals surface area contributed by atoms with Crippen LogP contribution in [0.5, 0.6) is 0 Å². The summed E-state index contributed by atoms with van der Waals surface area (Å²) in [6.45, 7) is -0.103. The molecule has 0 aliphatic rings. The Labute approximate surface area is 148 Å². The van der Waals surface area contributed by atoms with Gasteiger partial charge in [-0.15, -0.1) is 0 Å². The number of carbonyl (C=O) groups excluding carboxylic acids is 1. The first-order valence-electron chi connectivity index (χ1n) is 7.34. The van der Waals surface area contributed by atoms with Gasteiger partial charge < -0.3 is 15.5 Å². The van der Waals surface area contributed by atoms with Gasteiger partial charge in [-0.2, -0.15) is 13.2 Å². The van der Waals surface area contributed by atoms with Crippen LogP contribution < -0.4 is 15.5 Å². The Morgan fingerprint density at radius 1 is 1.12 bits per heavy atom. The first-order chi connectivity index (χ1) is 11.7. The van der Waals surface area contributed by atoms with Crippen molar-refractivity contribution in [3.05, 3.63) is 53.1 Å². The van der Waals surface area contributed by atoms with Gasteiger partial charge in [-0.3, -0.25) is 4.79 Å². The van der Waals surface area contributed by atoms with Gasteiger partial charge in [0.25, 0.3) is 0 Å². The molecular weight excluding hydrogens is 355 g/mol. The summed E-state index contributed by atoms with van der Waals surface area (Å²) in [5.74, 6) is -0.502. The first kappa shape index (κ1) is 18.9. The predicted molar refractivity (Wildman–Crippen MR) is 94.3 cm³/mol. The standard InChI is InChI=1S/C17H17ClF3N3O/c1-24(2)13-6-4-12(5-7-13)22-10-16(25)23-15-9-11(17(19,20)21)3-8-14(15)18/h3-9,22H,10H2,1-2H3,(H,23,25). The Morgan fingerprint density at radius 2 is 1.76 bits per heavy atom. The zero-order chi connectivity index (χ0) is 18.6. The molecule has 25 heavy (non-hydrogen) atoms. The molecule has 2 N–H and O–H groups in total. The number of carbonyl (C=O) groups is 1. The number of hydrogen-bond donors (Lipinski definition) is 2. The summed E-state index contributed by atoms with van der Waals surface area (Å²) in [4.78, 5) is 13.9. The molecule has 0 bridgehead atoms. The van der Waals surface area contributed by atoms with E-state index in [1.807, 2.05) is 31.1 Å². The number of nitrogens with zero attached hydrogens (tertiary/aromatic N) is 1. The van der Waals surface area contributed by atoms with E-state index >= 15 is 0 Å². The third kappa shape index (κ3) is 5.29. The summed E-state index contributed by atoms with van der Waals surface area (Å²) in [6.07, 6.45) is -4.50. The molecule has 2 aromatic carbocycles. The minimum atomic E-state index is -4.50. The normalized spacial score (nSPS) is 11.1. The fraction of sp³-hybridized carbons (Fsp3) is 0.235. The first-order valence-corrected chi connectivity index (χ1v) is 7.72. The second kappa shape index (κ2) is 7.65. The fourth-order valence-corrected chi connectivity index (χ4v) is 2.22. The second-order valence-electron chi connectivity index (χ2n) is 5.54. The molecule has 4 nitrogen and oxygen atoms in total. The van der Waals surface area contributed by atoms with E-state index in [4.69, 9.17) is 11.6 Å². The van der Waals surface area contributed by atoms with E-state index in [9.17, 15) is 18.0 Å². The van der Waals surface area contributed by atoms with Gasteiger partial charge in [0.2, 0.25) is 5.91 Å². The SMILES string of the molecule is CN(C)c1ccc(NCC(=O)Nc2cc(C(F)(F)F)ccc2Cl)cc1. The monoisotopic (exact) mass is 371 g/mol. The molecule has 2 rings (SSSR count). The largest absolute Gasteiger partial charge is 0.416 e. The smallest absolute Gasteiger partial charge is 0.378 e. The molecule has 0 unspecified atom stereocenters. The van der Waals surface area contributed by atoms with E-state index in [-0.39, 0.29) is 17.3 Å². The van der Waals surface area contributed by atoms with Crippen molar-refractivity contribution in [3.63, 3.8) is 0 Å². The lowest BCUT2D eigenvalue weighted by Crippen LogP contribution is -2.22. The summed E-state index contributed by atoms with van der Waals surface area (Å²) in [6, 6.07) is 10.1. The van der Waals surface area contributed by atoms with Gasteiger partial charge in [0.1, 0.15) is 0 Å². The highest BCUT2D eigenvalue weighted by Crippen LogP contribution is 2.33. The van der Waals surface area contributed by atoms with Crippen molar-refractivity contribution in [1.82, 2.24) is 0 Å². The third-order valence-corrected chi connectivity index (χ3v) is 3.73. The molecular formula is C17H17ClF3N3O. The number of hydrogen-bond acceptors (Lipinski definition) is 3. The fourth-order valence-electron chi connectivity index (χ4n) is 2.05. The molecule has 0 radical (unpaired) electrons. The van der Waals surface area contributed by atoms with Crippen LogP contribution in [0.25, 0.3) is 0 Å². The lowest BCUT2D eigenvalue weighted by atomic mass is 10.2. The van der Waals surface area contributed by atoms with Crippen molar-refractivity contribution in [2.45, 2.75) is 6.18 Å². The molecule has 0 atom stereocenters. The molecule has 0 saturated carbocycles. The molecule has 0 spiro atoms. The van der Waals surface area contributed by atoms with E-state index in [2.05, 4.69) is 10.6 Å². The summed E-state index contributed by atoms with van der Waals surface area (Å²) in [5.41, 5.74) is 0.771. The quantitative estimate of drug-likeness (QED) is 0.814. The highest BCUT2D eigenvalue weighted by atomic mass is 35.5. The van der Waals surface area contributed by atoms with Crippen molar-refractivity contribution in [2.75, 3.05) is 36.2 Å². The molecule has 0 saturated heterocycles. The number of benzene rings is 2. The Hall–Kier alpha value is -2.41. The van der Waals surface area contributed by atoms with E-state index in [0.717, 1.165) is 29.6 Å². The number of rotatable bonds is 5. The van der Waals surface area contributed by atoms with Crippen molar-refractivity contribution in [1.29, 1.82) is 0 Å². The second-order valence-corrected chi connectivity index (χ2v) is 5.94. The van der Waals surface area contributed by atoms with Crippen LogP contribution in [-0.2, 0) is 11.0 Å². The highest BCUT2D eigenvalue weighted by Gasteiger charge is 2.31. The van der Waals surface area contributed by atoms with Crippen LogP contribution in [0.2, 0.25) is 5.02 Å². The molecule has 1 amide bonds. The van der Waals surface area contributed by atoms with Gasteiger partial charge in [-0.1, -0.05) is 11.6 Å². The summed E-state index contributed by atoms with van der Waals surface area (Å²) < 4.78 is 38.2. The maximum absolute atomic E-state index is 12.7. The van der Waals surface area contributed by atoms with Gasteiger partial charge in [0, 0.05) is 25.5 Å². The Bertz CT molecular complexity index is 746. The minimum Gasteiger partial charge on any atom is -0.378 e. The van der Waals surface area contributed by atoms with E-state index < -0.39 is 17.6 Å². The van der Waals surface area contributed by atoms with Crippen molar-refractivity contribution < 1.29 is 18.0 Å². The minimum absolute atomic E-state index is 0.0386. The van der Waals surface area contributed by atoms with Gasteiger partial charge in [-0.25, -0.2) is 0 Å². The van der Waals surface area contributed by atoms with Gasteiger partial charge in [-0.05, 0) is 42.5 Å². The lowest BCUT2D eigenvalue weighted by Gasteiger charge is -2.14. The summed E-state index contributed by atoms with van der Waals surface area (Å²) >= 11 is 5.85. The zero-order valence-corrected chi connectivity index (χ0v) is 14.4.